The van der Waals surface area contributed by atoms with Crippen LogP contribution < -0.4 is 16.0 Å². The normalized spacial score (nSPS) is 18.2. The highest BCUT2D eigenvalue weighted by atomic mass is 79.9. The topological polar surface area (TPSA) is 133 Å². The lowest BCUT2D eigenvalue weighted by molar-refractivity contribution is -0.125. The number of nitrogens with one attached hydrogen (secondary N) is 4. The van der Waals surface area contributed by atoms with Crippen LogP contribution in [0.4, 0.5) is 9.59 Å². The van der Waals surface area contributed by atoms with E-state index in [4.69, 9.17) is 4.74 Å². The first-order valence-corrected chi connectivity index (χ1v) is 10.9. The predicted octanol–water partition coefficient (Wildman–Crippen LogP) is 3.44. The standard InChI is InChI=1S/C21H27BrN4O5/c1-21(2,3)31-20(30)24-7-6-23-18(27)11-8-14-13-10-12(22)4-5-15(13)25-17(14)16(9-11)26-19(28)29/h4-5,10-11,16,25-26H,6-9H2,1-3H3,(H,23,27)(H,24,30)(H,28,29). The number of alkyl carbamates (subject to hydrolysis) is 1. The summed E-state index contributed by atoms with van der Waals surface area (Å²) < 4.78 is 6.07. The number of amides is 3. The number of hydrogen-bond acceptors (Lipinski definition) is 4. The fourth-order valence-electron chi connectivity index (χ4n) is 3.78. The zero-order chi connectivity index (χ0) is 22.8. The van der Waals surface area contributed by atoms with Crippen LogP contribution in [0.5, 0.6) is 0 Å². The van der Waals surface area contributed by atoms with E-state index >= 15 is 0 Å². The number of H-pyrrole nitrogens is 1. The van der Waals surface area contributed by atoms with Crippen LogP contribution in [0, 0.1) is 5.92 Å². The van der Waals surface area contributed by atoms with Gasteiger partial charge in [0.1, 0.15) is 5.60 Å². The minimum absolute atomic E-state index is 0.182. The van der Waals surface area contributed by atoms with E-state index in [0.717, 1.165) is 26.6 Å². The molecular weight excluding hydrogens is 468 g/mol. The number of aromatic nitrogens is 1. The van der Waals surface area contributed by atoms with Crippen molar-refractivity contribution in [1.82, 2.24) is 20.9 Å². The van der Waals surface area contributed by atoms with E-state index in [1.807, 2.05) is 18.2 Å². The summed E-state index contributed by atoms with van der Waals surface area (Å²) >= 11 is 3.47. The number of carboxylic acid groups (broad SMARTS) is 1. The van der Waals surface area contributed by atoms with E-state index < -0.39 is 29.7 Å². The molecule has 9 nitrogen and oxygen atoms in total. The van der Waals surface area contributed by atoms with E-state index in [2.05, 4.69) is 36.9 Å². The van der Waals surface area contributed by atoms with Crippen LogP contribution in [-0.4, -0.2) is 46.9 Å². The second kappa shape index (κ2) is 9.17. The van der Waals surface area contributed by atoms with Gasteiger partial charge < -0.3 is 30.8 Å². The quantitative estimate of drug-likeness (QED) is 0.406. The molecule has 3 rings (SSSR count). The first kappa shape index (κ1) is 22.9. The molecule has 0 radical (unpaired) electrons. The molecule has 2 unspecified atom stereocenters. The van der Waals surface area contributed by atoms with Gasteiger partial charge in [0.05, 0.1) is 6.04 Å². The van der Waals surface area contributed by atoms with Crippen LogP contribution >= 0.6 is 15.9 Å². The van der Waals surface area contributed by atoms with Crippen LogP contribution in [0.1, 0.15) is 44.5 Å². The second-order valence-electron chi connectivity index (χ2n) is 8.57. The van der Waals surface area contributed by atoms with Crippen molar-refractivity contribution in [2.24, 2.45) is 5.92 Å². The molecule has 2 atom stereocenters. The molecule has 1 aliphatic carbocycles. The number of benzene rings is 1. The van der Waals surface area contributed by atoms with Gasteiger partial charge in [-0.15, -0.1) is 0 Å². The molecule has 0 bridgehead atoms. The Labute approximate surface area is 188 Å². The third kappa shape index (κ3) is 5.90. The second-order valence-corrected chi connectivity index (χ2v) is 9.48. The largest absolute Gasteiger partial charge is 0.465 e. The number of ether oxygens (including phenoxy) is 1. The van der Waals surface area contributed by atoms with Crippen molar-refractivity contribution in [2.75, 3.05) is 13.1 Å². The Morgan fingerprint density at radius 3 is 2.61 bits per heavy atom. The van der Waals surface area contributed by atoms with Gasteiger partial charge in [0, 0.05) is 40.1 Å². The maximum atomic E-state index is 12.8. The Morgan fingerprint density at radius 2 is 1.94 bits per heavy atom. The van der Waals surface area contributed by atoms with Gasteiger partial charge in [-0.1, -0.05) is 15.9 Å². The van der Waals surface area contributed by atoms with Gasteiger partial charge in [0.15, 0.2) is 0 Å². The maximum Gasteiger partial charge on any atom is 0.407 e. The number of fused-ring (bicyclic) bond motifs is 3. The summed E-state index contributed by atoms with van der Waals surface area (Å²) in [6.07, 6.45) is -0.842. The number of rotatable bonds is 5. The van der Waals surface area contributed by atoms with Crippen molar-refractivity contribution in [3.63, 3.8) is 0 Å². The summed E-state index contributed by atoms with van der Waals surface area (Å²) in [5, 5.41) is 18.2. The van der Waals surface area contributed by atoms with Crippen molar-refractivity contribution in [1.29, 1.82) is 0 Å². The van der Waals surface area contributed by atoms with E-state index in [1.54, 1.807) is 20.8 Å². The van der Waals surface area contributed by atoms with Crippen LogP contribution in [0.15, 0.2) is 22.7 Å². The van der Waals surface area contributed by atoms with Gasteiger partial charge in [-0.2, -0.15) is 0 Å². The Balaban J connectivity index is 1.66. The first-order valence-electron chi connectivity index (χ1n) is 10.1. The van der Waals surface area contributed by atoms with Gasteiger partial charge >= 0.3 is 12.2 Å². The average molecular weight is 495 g/mol. The molecule has 0 aliphatic heterocycles. The summed E-state index contributed by atoms with van der Waals surface area (Å²) in [4.78, 5) is 39.1. The predicted molar refractivity (Wildman–Crippen MR) is 119 cm³/mol. The smallest absolute Gasteiger partial charge is 0.407 e. The van der Waals surface area contributed by atoms with E-state index in [9.17, 15) is 19.5 Å². The highest BCUT2D eigenvalue weighted by molar-refractivity contribution is 9.10. The molecule has 5 N–H and O–H groups in total. The Hall–Kier alpha value is -2.75. The third-order valence-electron chi connectivity index (χ3n) is 4.98. The molecule has 0 spiro atoms. The Kier molecular flexibility index (Phi) is 6.78. The third-order valence-corrected chi connectivity index (χ3v) is 5.47. The van der Waals surface area contributed by atoms with Crippen molar-refractivity contribution >= 4 is 44.9 Å². The van der Waals surface area contributed by atoms with Crippen molar-refractivity contribution < 1.29 is 24.2 Å². The molecule has 3 amide bonds. The molecule has 1 aromatic heterocycles. The maximum absolute atomic E-state index is 12.8. The summed E-state index contributed by atoms with van der Waals surface area (Å²) in [6.45, 7) is 5.80. The van der Waals surface area contributed by atoms with Crippen LogP contribution in [0.3, 0.4) is 0 Å². The molecule has 2 aromatic rings. The fourth-order valence-corrected chi connectivity index (χ4v) is 4.14. The molecule has 168 valence electrons. The number of carbonyl (C=O) groups excluding carboxylic acids is 2. The molecule has 0 saturated carbocycles. The number of hydrogen-bond donors (Lipinski definition) is 5. The molecule has 0 fully saturated rings. The molecule has 1 heterocycles. The zero-order valence-corrected chi connectivity index (χ0v) is 19.3. The molecular formula is C21H27BrN4O5. The van der Waals surface area contributed by atoms with E-state index in [1.165, 1.54) is 0 Å². The highest BCUT2D eigenvalue weighted by Crippen LogP contribution is 2.38. The van der Waals surface area contributed by atoms with Crippen LogP contribution in [-0.2, 0) is 16.0 Å². The lowest BCUT2D eigenvalue weighted by atomic mass is 9.82. The summed E-state index contributed by atoms with van der Waals surface area (Å²) in [7, 11) is 0. The average Bonchev–Trinajstić information content (AvgIpc) is 3.01. The highest BCUT2D eigenvalue weighted by Gasteiger charge is 2.34. The number of aromatic amines is 1. The van der Waals surface area contributed by atoms with Gasteiger partial charge in [-0.05, 0) is 57.4 Å². The summed E-state index contributed by atoms with van der Waals surface area (Å²) in [5.74, 6) is -0.581. The number of halogens is 1. The van der Waals surface area contributed by atoms with Gasteiger partial charge in [-0.25, -0.2) is 9.59 Å². The lowest BCUT2D eigenvalue weighted by Crippen LogP contribution is -2.42. The van der Waals surface area contributed by atoms with Crippen molar-refractivity contribution in [3.05, 3.63) is 33.9 Å². The van der Waals surface area contributed by atoms with Gasteiger partial charge in [0.25, 0.3) is 0 Å². The van der Waals surface area contributed by atoms with Gasteiger partial charge in [-0.3, -0.25) is 4.79 Å². The zero-order valence-electron chi connectivity index (χ0n) is 17.7. The van der Waals surface area contributed by atoms with Crippen molar-refractivity contribution in [3.8, 4) is 0 Å². The number of carbonyl (C=O) groups is 3. The fraction of sp³-hybridized carbons (Fsp3) is 0.476. The first-order chi connectivity index (χ1) is 14.5. The lowest BCUT2D eigenvalue weighted by Gasteiger charge is -2.29. The SMILES string of the molecule is CC(C)(C)OC(=O)NCCNC(=O)C1Cc2c([nH]c3ccc(Br)cc23)C(NC(=O)O)C1. The minimum atomic E-state index is -1.14. The molecule has 1 aliphatic rings. The molecule has 31 heavy (non-hydrogen) atoms. The molecule has 10 heteroatoms. The Morgan fingerprint density at radius 1 is 1.23 bits per heavy atom. The molecule has 1 aromatic carbocycles. The molecule has 0 saturated heterocycles. The summed E-state index contributed by atoms with van der Waals surface area (Å²) in [6, 6.07) is 5.29. The van der Waals surface area contributed by atoms with Crippen LogP contribution in [0.25, 0.3) is 10.9 Å². The Bertz CT molecular complexity index is 998. The van der Waals surface area contributed by atoms with Crippen molar-refractivity contribution in [2.45, 2.75) is 45.3 Å². The minimum Gasteiger partial charge on any atom is -0.465 e. The monoisotopic (exact) mass is 494 g/mol. The van der Waals surface area contributed by atoms with Crippen LogP contribution in [0.2, 0.25) is 0 Å². The summed E-state index contributed by atoms with van der Waals surface area (Å²) in [5.41, 5.74) is 2.04. The van der Waals surface area contributed by atoms with E-state index in [0.29, 0.717) is 12.8 Å². The van der Waals surface area contributed by atoms with E-state index in [-0.39, 0.29) is 19.0 Å². The van der Waals surface area contributed by atoms with Gasteiger partial charge in [0.2, 0.25) is 5.91 Å².